The maximum atomic E-state index is 4.17. The van der Waals surface area contributed by atoms with Crippen LogP contribution in [0.3, 0.4) is 0 Å². The molecule has 0 aliphatic rings. The highest BCUT2D eigenvalue weighted by Gasteiger charge is 1.94. The van der Waals surface area contributed by atoms with E-state index in [1.54, 1.807) is 6.20 Å². The van der Waals surface area contributed by atoms with Crippen LogP contribution in [0.2, 0.25) is 0 Å². The molecule has 0 saturated heterocycles. The van der Waals surface area contributed by atoms with Gasteiger partial charge in [-0.05, 0) is 36.8 Å². The summed E-state index contributed by atoms with van der Waals surface area (Å²) < 4.78 is 2.94. The average molecular weight is 263 g/mol. The molecule has 0 aliphatic carbocycles. The van der Waals surface area contributed by atoms with Crippen LogP contribution < -0.4 is 0 Å². The van der Waals surface area contributed by atoms with Crippen LogP contribution in [0.4, 0.5) is 0 Å². The molecule has 1 aromatic carbocycles. The maximum absolute atomic E-state index is 4.17. The van der Waals surface area contributed by atoms with Gasteiger partial charge in [0.15, 0.2) is 0 Å². The van der Waals surface area contributed by atoms with Gasteiger partial charge in [-0.2, -0.15) is 5.10 Å². The van der Waals surface area contributed by atoms with Crippen molar-refractivity contribution in [1.82, 2.24) is 9.78 Å². The summed E-state index contributed by atoms with van der Waals surface area (Å²) in [4.78, 5) is 0. The van der Waals surface area contributed by atoms with Crippen LogP contribution in [0.15, 0.2) is 47.2 Å². The van der Waals surface area contributed by atoms with Gasteiger partial charge in [0, 0.05) is 22.6 Å². The summed E-state index contributed by atoms with van der Waals surface area (Å²) in [5.41, 5.74) is 2.27. The van der Waals surface area contributed by atoms with E-state index in [0.29, 0.717) is 0 Å². The fourth-order valence-corrected chi connectivity index (χ4v) is 1.61. The highest BCUT2D eigenvalue weighted by atomic mass is 79.9. The molecule has 0 unspecified atom stereocenters. The lowest BCUT2D eigenvalue weighted by Gasteiger charge is -2.01. The van der Waals surface area contributed by atoms with Gasteiger partial charge in [0.2, 0.25) is 0 Å². The minimum Gasteiger partial charge on any atom is -0.245 e. The van der Waals surface area contributed by atoms with Gasteiger partial charge < -0.3 is 0 Å². The van der Waals surface area contributed by atoms with Crippen molar-refractivity contribution in [3.8, 4) is 0 Å². The van der Waals surface area contributed by atoms with E-state index in [0.717, 1.165) is 10.2 Å². The highest BCUT2D eigenvalue weighted by Crippen LogP contribution is 2.14. The third-order valence-electron chi connectivity index (χ3n) is 2.11. The van der Waals surface area contributed by atoms with Gasteiger partial charge in [0.25, 0.3) is 0 Å². The minimum absolute atomic E-state index is 1.09. The first kappa shape index (κ1) is 10.2. The molecule has 0 N–H and O–H groups in total. The van der Waals surface area contributed by atoms with E-state index in [2.05, 4.69) is 39.2 Å². The predicted molar refractivity (Wildman–Crippen MR) is 66.2 cm³/mol. The third kappa shape index (κ3) is 2.57. The van der Waals surface area contributed by atoms with Gasteiger partial charge >= 0.3 is 0 Å². The van der Waals surface area contributed by atoms with E-state index in [1.165, 1.54) is 5.56 Å². The first-order chi connectivity index (χ1) is 7.25. The molecule has 0 radical (unpaired) electrons. The number of halogens is 1. The molecule has 0 bridgehead atoms. The van der Waals surface area contributed by atoms with Crippen molar-refractivity contribution in [2.75, 3.05) is 0 Å². The monoisotopic (exact) mass is 262 g/mol. The Hall–Kier alpha value is -1.35. The van der Waals surface area contributed by atoms with Crippen LogP contribution in [0.25, 0.3) is 11.8 Å². The summed E-state index contributed by atoms with van der Waals surface area (Å²) in [5.74, 6) is 0. The number of nitrogens with zero attached hydrogens (tertiary/aromatic N) is 2. The standard InChI is InChI=1S/C12H11BrN2/c1-10(15-8-2-7-14-15)9-11-3-5-12(13)6-4-11/h2-9H,1H3/b10-9+. The van der Waals surface area contributed by atoms with Gasteiger partial charge in [-0.25, -0.2) is 4.68 Å². The Morgan fingerprint density at radius 1 is 1.33 bits per heavy atom. The smallest absolute Gasteiger partial charge is 0.0493 e. The molecule has 1 aromatic heterocycles. The Morgan fingerprint density at radius 2 is 2.07 bits per heavy atom. The second kappa shape index (κ2) is 4.45. The zero-order chi connectivity index (χ0) is 10.7. The molecule has 76 valence electrons. The normalized spacial score (nSPS) is 11.7. The number of aromatic nitrogens is 2. The average Bonchev–Trinajstić information content (AvgIpc) is 2.74. The number of benzene rings is 1. The first-order valence-electron chi connectivity index (χ1n) is 4.69. The molecule has 2 nitrogen and oxygen atoms in total. The van der Waals surface area contributed by atoms with Crippen molar-refractivity contribution >= 4 is 27.7 Å². The Kier molecular flexibility index (Phi) is 3.02. The van der Waals surface area contributed by atoms with Crippen molar-refractivity contribution in [3.63, 3.8) is 0 Å². The van der Waals surface area contributed by atoms with Crippen LogP contribution in [-0.2, 0) is 0 Å². The van der Waals surface area contributed by atoms with Crippen molar-refractivity contribution in [2.24, 2.45) is 0 Å². The Labute approximate surface area is 97.4 Å². The predicted octanol–water partition coefficient (Wildman–Crippen LogP) is 3.66. The topological polar surface area (TPSA) is 17.8 Å². The summed E-state index contributed by atoms with van der Waals surface area (Å²) in [6.45, 7) is 2.04. The van der Waals surface area contributed by atoms with Crippen LogP contribution in [0.1, 0.15) is 12.5 Å². The van der Waals surface area contributed by atoms with E-state index >= 15 is 0 Å². The molecule has 1 heterocycles. The third-order valence-corrected chi connectivity index (χ3v) is 2.64. The molecular formula is C12H11BrN2. The maximum Gasteiger partial charge on any atom is 0.0493 e. The van der Waals surface area contributed by atoms with Crippen molar-refractivity contribution in [2.45, 2.75) is 6.92 Å². The quantitative estimate of drug-likeness (QED) is 0.808. The SMILES string of the molecule is C/C(=C\c1ccc(Br)cc1)n1cccn1. The van der Waals surface area contributed by atoms with Gasteiger partial charge in [0.05, 0.1) is 0 Å². The fraction of sp³-hybridized carbons (Fsp3) is 0.0833. The summed E-state index contributed by atoms with van der Waals surface area (Å²) in [6.07, 6.45) is 5.81. The molecule has 0 atom stereocenters. The molecule has 0 aliphatic heterocycles. The minimum atomic E-state index is 1.09. The first-order valence-corrected chi connectivity index (χ1v) is 5.49. The van der Waals surface area contributed by atoms with Crippen LogP contribution >= 0.6 is 15.9 Å². The largest absolute Gasteiger partial charge is 0.245 e. The Morgan fingerprint density at radius 3 is 2.67 bits per heavy atom. The molecule has 15 heavy (non-hydrogen) atoms. The molecule has 0 fully saturated rings. The van der Waals surface area contributed by atoms with E-state index in [1.807, 2.05) is 36.0 Å². The Bertz CT molecular complexity index is 455. The summed E-state index contributed by atoms with van der Waals surface area (Å²) in [6, 6.07) is 10.1. The zero-order valence-electron chi connectivity index (χ0n) is 8.39. The lowest BCUT2D eigenvalue weighted by Crippen LogP contribution is -1.92. The molecule has 2 aromatic rings. The molecular weight excluding hydrogens is 252 g/mol. The van der Waals surface area contributed by atoms with E-state index < -0.39 is 0 Å². The number of rotatable bonds is 2. The fourth-order valence-electron chi connectivity index (χ4n) is 1.34. The van der Waals surface area contributed by atoms with E-state index in [4.69, 9.17) is 0 Å². The van der Waals surface area contributed by atoms with Crippen LogP contribution in [0, 0.1) is 0 Å². The van der Waals surface area contributed by atoms with Gasteiger partial charge in [-0.3, -0.25) is 0 Å². The van der Waals surface area contributed by atoms with Crippen LogP contribution in [0.5, 0.6) is 0 Å². The Balaban J connectivity index is 2.27. The van der Waals surface area contributed by atoms with Crippen molar-refractivity contribution < 1.29 is 0 Å². The number of hydrogen-bond acceptors (Lipinski definition) is 1. The number of hydrogen-bond donors (Lipinski definition) is 0. The second-order valence-corrected chi connectivity index (χ2v) is 4.20. The molecule has 0 saturated carbocycles. The second-order valence-electron chi connectivity index (χ2n) is 3.29. The summed E-state index contributed by atoms with van der Waals surface area (Å²) in [5, 5.41) is 4.17. The zero-order valence-corrected chi connectivity index (χ0v) is 9.98. The van der Waals surface area contributed by atoms with E-state index in [-0.39, 0.29) is 0 Å². The lowest BCUT2D eigenvalue weighted by molar-refractivity contribution is 0.900. The summed E-state index contributed by atoms with van der Waals surface area (Å²) in [7, 11) is 0. The highest BCUT2D eigenvalue weighted by molar-refractivity contribution is 9.10. The van der Waals surface area contributed by atoms with Crippen LogP contribution in [-0.4, -0.2) is 9.78 Å². The van der Waals surface area contributed by atoms with Gasteiger partial charge in [-0.15, -0.1) is 0 Å². The van der Waals surface area contributed by atoms with Crippen molar-refractivity contribution in [1.29, 1.82) is 0 Å². The molecule has 2 rings (SSSR count). The molecule has 0 amide bonds. The van der Waals surface area contributed by atoms with Gasteiger partial charge in [0.1, 0.15) is 0 Å². The van der Waals surface area contributed by atoms with Gasteiger partial charge in [-0.1, -0.05) is 28.1 Å². The molecule has 0 spiro atoms. The van der Waals surface area contributed by atoms with Crippen molar-refractivity contribution in [3.05, 3.63) is 52.8 Å². The summed E-state index contributed by atoms with van der Waals surface area (Å²) >= 11 is 3.41. The van der Waals surface area contributed by atoms with E-state index in [9.17, 15) is 0 Å². The molecule has 3 heteroatoms. The lowest BCUT2D eigenvalue weighted by atomic mass is 10.2. The number of allylic oxidation sites excluding steroid dienone is 1.